The first-order valence-corrected chi connectivity index (χ1v) is 8.31. The summed E-state index contributed by atoms with van der Waals surface area (Å²) in [6.07, 6.45) is 2.56. The fourth-order valence-electron chi connectivity index (χ4n) is 4.11. The number of fused-ring (bicyclic) bond motifs is 3. The van der Waals surface area contributed by atoms with Crippen LogP contribution in [0.25, 0.3) is 0 Å². The van der Waals surface area contributed by atoms with Crippen LogP contribution in [0, 0.1) is 11.8 Å². The normalized spacial score (nSPS) is 28.3. The summed E-state index contributed by atoms with van der Waals surface area (Å²) in [5.74, 6) is 1.72. The summed E-state index contributed by atoms with van der Waals surface area (Å²) in [5.41, 5.74) is 2.40. The number of phenolic OH excluding ortho intramolecular Hbond substituents is 1. The smallest absolute Gasteiger partial charge is 0.160 e. The third kappa shape index (κ3) is 2.82. The number of aromatic hydroxyl groups is 1. The molecule has 0 bridgehead atoms. The Morgan fingerprint density at radius 3 is 2.82 bits per heavy atom. The first-order valence-electron chi connectivity index (χ1n) is 8.31. The molecular weight excluding hydrogens is 278 g/mol. The SMILES string of the molecule is COc1cc2c(cc1O)[C@@H]1C[C@H](O)[C@@H](CC(C)C)CN1CC2. The standard InChI is InChI=1S/C18H27NO3/c1-11(2)6-13-10-19-5-4-12-7-18(22-3)17(21)8-14(12)15(19)9-16(13)20/h7-8,11,13,15-16,20-21H,4-6,9-10H2,1-3H3/t13-,15-,16-/m0/s1. The highest BCUT2D eigenvalue weighted by Crippen LogP contribution is 2.43. The van der Waals surface area contributed by atoms with Crippen molar-refractivity contribution in [2.75, 3.05) is 20.2 Å². The number of hydrogen-bond donors (Lipinski definition) is 2. The van der Waals surface area contributed by atoms with E-state index in [9.17, 15) is 10.2 Å². The number of aliphatic hydroxyl groups is 1. The van der Waals surface area contributed by atoms with E-state index in [4.69, 9.17) is 4.74 Å². The monoisotopic (exact) mass is 305 g/mol. The Morgan fingerprint density at radius 1 is 1.36 bits per heavy atom. The summed E-state index contributed by atoms with van der Waals surface area (Å²) in [7, 11) is 1.58. The van der Waals surface area contributed by atoms with Crippen LogP contribution in [0.5, 0.6) is 11.5 Å². The Labute approximate surface area is 132 Å². The zero-order valence-corrected chi connectivity index (χ0v) is 13.7. The molecule has 2 aliphatic rings. The lowest BCUT2D eigenvalue weighted by atomic mass is 9.79. The van der Waals surface area contributed by atoms with Crippen molar-refractivity contribution in [3.8, 4) is 11.5 Å². The van der Waals surface area contributed by atoms with Crippen molar-refractivity contribution in [3.63, 3.8) is 0 Å². The molecule has 0 amide bonds. The molecule has 2 heterocycles. The van der Waals surface area contributed by atoms with E-state index in [0.29, 0.717) is 17.6 Å². The molecule has 0 unspecified atom stereocenters. The number of rotatable bonds is 3. The van der Waals surface area contributed by atoms with E-state index in [1.807, 2.05) is 12.1 Å². The molecule has 4 nitrogen and oxygen atoms in total. The van der Waals surface area contributed by atoms with Gasteiger partial charge in [-0.1, -0.05) is 13.8 Å². The van der Waals surface area contributed by atoms with Crippen LogP contribution in [0.3, 0.4) is 0 Å². The number of methoxy groups -OCH3 is 1. The van der Waals surface area contributed by atoms with E-state index in [1.54, 1.807) is 7.11 Å². The molecular formula is C18H27NO3. The van der Waals surface area contributed by atoms with Gasteiger partial charge in [0.2, 0.25) is 0 Å². The molecule has 3 rings (SSSR count). The maximum absolute atomic E-state index is 10.5. The highest BCUT2D eigenvalue weighted by atomic mass is 16.5. The van der Waals surface area contributed by atoms with Gasteiger partial charge in [0.05, 0.1) is 13.2 Å². The van der Waals surface area contributed by atoms with E-state index >= 15 is 0 Å². The van der Waals surface area contributed by atoms with Crippen molar-refractivity contribution < 1.29 is 14.9 Å². The Morgan fingerprint density at radius 2 is 2.14 bits per heavy atom. The van der Waals surface area contributed by atoms with Gasteiger partial charge in [-0.2, -0.15) is 0 Å². The van der Waals surface area contributed by atoms with Gasteiger partial charge in [-0.3, -0.25) is 4.90 Å². The first kappa shape index (κ1) is 15.6. The molecule has 1 fully saturated rings. The number of ether oxygens (including phenoxy) is 1. The zero-order valence-electron chi connectivity index (χ0n) is 13.7. The second kappa shape index (κ2) is 6.09. The van der Waals surface area contributed by atoms with Gasteiger partial charge < -0.3 is 14.9 Å². The number of benzene rings is 1. The van der Waals surface area contributed by atoms with E-state index in [-0.39, 0.29) is 17.9 Å². The Kier molecular flexibility index (Phi) is 4.33. The van der Waals surface area contributed by atoms with Gasteiger partial charge in [0.25, 0.3) is 0 Å². The molecule has 0 aromatic heterocycles. The average molecular weight is 305 g/mol. The van der Waals surface area contributed by atoms with Crippen LogP contribution in [-0.2, 0) is 6.42 Å². The molecule has 4 heteroatoms. The van der Waals surface area contributed by atoms with E-state index in [1.165, 1.54) is 5.56 Å². The van der Waals surface area contributed by atoms with E-state index in [0.717, 1.165) is 37.9 Å². The van der Waals surface area contributed by atoms with Crippen LogP contribution in [0.2, 0.25) is 0 Å². The third-order valence-corrected chi connectivity index (χ3v) is 5.16. The fraction of sp³-hybridized carbons (Fsp3) is 0.667. The quantitative estimate of drug-likeness (QED) is 0.901. The minimum atomic E-state index is -0.251. The highest BCUT2D eigenvalue weighted by molar-refractivity contribution is 5.48. The Balaban J connectivity index is 1.85. The molecule has 1 aromatic carbocycles. The van der Waals surface area contributed by atoms with Crippen LogP contribution >= 0.6 is 0 Å². The lowest BCUT2D eigenvalue weighted by Gasteiger charge is -2.46. The number of hydrogen-bond acceptors (Lipinski definition) is 4. The summed E-state index contributed by atoms with van der Waals surface area (Å²) in [4.78, 5) is 2.48. The number of aliphatic hydroxyl groups excluding tert-OH is 1. The molecule has 22 heavy (non-hydrogen) atoms. The van der Waals surface area contributed by atoms with Crippen molar-refractivity contribution in [2.24, 2.45) is 11.8 Å². The number of nitrogens with zero attached hydrogens (tertiary/aromatic N) is 1. The van der Waals surface area contributed by atoms with Crippen LogP contribution in [0.1, 0.15) is 43.9 Å². The predicted molar refractivity (Wildman–Crippen MR) is 86.2 cm³/mol. The maximum Gasteiger partial charge on any atom is 0.160 e. The summed E-state index contributed by atoms with van der Waals surface area (Å²) < 4.78 is 5.22. The molecule has 2 N–H and O–H groups in total. The summed E-state index contributed by atoms with van der Waals surface area (Å²) >= 11 is 0. The number of phenols is 1. The lowest BCUT2D eigenvalue weighted by Crippen LogP contribution is -2.48. The minimum Gasteiger partial charge on any atom is -0.504 e. The average Bonchev–Trinajstić information content (AvgIpc) is 2.47. The van der Waals surface area contributed by atoms with Gasteiger partial charge >= 0.3 is 0 Å². The largest absolute Gasteiger partial charge is 0.504 e. The van der Waals surface area contributed by atoms with Gasteiger partial charge in [0.1, 0.15) is 0 Å². The molecule has 1 saturated heterocycles. The van der Waals surface area contributed by atoms with E-state index in [2.05, 4.69) is 18.7 Å². The van der Waals surface area contributed by atoms with Gasteiger partial charge in [-0.15, -0.1) is 0 Å². The molecule has 2 aliphatic heterocycles. The van der Waals surface area contributed by atoms with Crippen LogP contribution in [-0.4, -0.2) is 41.4 Å². The number of piperidine rings is 1. The predicted octanol–water partition coefficient (Wildman–Crippen LogP) is 2.73. The summed E-state index contributed by atoms with van der Waals surface area (Å²) in [5, 5.41) is 20.6. The van der Waals surface area contributed by atoms with Crippen LogP contribution in [0.4, 0.5) is 0 Å². The van der Waals surface area contributed by atoms with Crippen molar-refractivity contribution in [1.82, 2.24) is 4.90 Å². The molecule has 3 atom stereocenters. The molecule has 0 saturated carbocycles. The third-order valence-electron chi connectivity index (χ3n) is 5.16. The van der Waals surface area contributed by atoms with Crippen molar-refractivity contribution in [2.45, 2.75) is 45.3 Å². The molecule has 0 spiro atoms. The van der Waals surface area contributed by atoms with Crippen molar-refractivity contribution in [3.05, 3.63) is 23.3 Å². The second-order valence-electron chi connectivity index (χ2n) is 7.18. The zero-order chi connectivity index (χ0) is 15.9. The van der Waals surface area contributed by atoms with Gasteiger partial charge in [0, 0.05) is 19.1 Å². The Bertz CT molecular complexity index is 543. The summed E-state index contributed by atoms with van der Waals surface area (Å²) in [6.45, 7) is 6.41. The molecule has 1 aromatic rings. The van der Waals surface area contributed by atoms with Gasteiger partial charge in [-0.05, 0) is 54.4 Å². The maximum atomic E-state index is 10.5. The van der Waals surface area contributed by atoms with E-state index < -0.39 is 0 Å². The Hall–Kier alpha value is -1.26. The molecule has 0 aliphatic carbocycles. The van der Waals surface area contributed by atoms with Crippen LogP contribution in [0.15, 0.2) is 12.1 Å². The topological polar surface area (TPSA) is 52.9 Å². The van der Waals surface area contributed by atoms with Gasteiger partial charge in [-0.25, -0.2) is 0 Å². The van der Waals surface area contributed by atoms with Gasteiger partial charge in [0.15, 0.2) is 11.5 Å². The second-order valence-corrected chi connectivity index (χ2v) is 7.18. The van der Waals surface area contributed by atoms with Crippen molar-refractivity contribution in [1.29, 1.82) is 0 Å². The first-order chi connectivity index (χ1) is 10.5. The summed E-state index contributed by atoms with van der Waals surface area (Å²) in [6, 6.07) is 4.01. The van der Waals surface area contributed by atoms with Crippen LogP contribution < -0.4 is 4.74 Å². The lowest BCUT2D eigenvalue weighted by molar-refractivity contribution is -0.0191. The minimum absolute atomic E-state index is 0.196. The molecule has 122 valence electrons. The fourth-order valence-corrected chi connectivity index (χ4v) is 4.11. The molecule has 0 radical (unpaired) electrons. The van der Waals surface area contributed by atoms with Crippen molar-refractivity contribution >= 4 is 0 Å². The highest BCUT2D eigenvalue weighted by Gasteiger charge is 2.38.